The predicted octanol–water partition coefficient (Wildman–Crippen LogP) is 2.36. The molecule has 84 valence electrons. The SMILES string of the molecule is CCOC(=O)c1oc2cncc(Cl)c2c1O. The van der Waals surface area contributed by atoms with Crippen molar-refractivity contribution in [2.24, 2.45) is 0 Å². The van der Waals surface area contributed by atoms with Crippen LogP contribution in [0, 0.1) is 0 Å². The number of furan rings is 1. The summed E-state index contributed by atoms with van der Waals surface area (Å²) in [5, 5.41) is 10.2. The summed E-state index contributed by atoms with van der Waals surface area (Å²) in [6, 6.07) is 0. The molecule has 0 bridgehead atoms. The first-order valence-electron chi connectivity index (χ1n) is 4.57. The van der Waals surface area contributed by atoms with Crippen LogP contribution in [0.1, 0.15) is 17.5 Å². The van der Waals surface area contributed by atoms with Crippen molar-refractivity contribution in [2.45, 2.75) is 6.92 Å². The number of rotatable bonds is 2. The van der Waals surface area contributed by atoms with Gasteiger partial charge in [0.2, 0.25) is 0 Å². The van der Waals surface area contributed by atoms with E-state index in [0.29, 0.717) is 0 Å². The van der Waals surface area contributed by atoms with E-state index in [2.05, 4.69) is 4.98 Å². The molecule has 0 aliphatic heterocycles. The highest BCUT2D eigenvalue weighted by Crippen LogP contribution is 2.36. The number of carbonyl (C=O) groups is 1. The summed E-state index contributed by atoms with van der Waals surface area (Å²) in [4.78, 5) is 15.2. The molecule has 0 atom stereocenters. The minimum absolute atomic E-state index is 0.196. The van der Waals surface area contributed by atoms with Gasteiger partial charge in [0.1, 0.15) is 0 Å². The lowest BCUT2D eigenvalue weighted by atomic mass is 10.3. The highest BCUT2D eigenvalue weighted by molar-refractivity contribution is 6.36. The second-order valence-electron chi connectivity index (χ2n) is 2.99. The fourth-order valence-corrected chi connectivity index (χ4v) is 1.57. The van der Waals surface area contributed by atoms with Crippen LogP contribution in [0.4, 0.5) is 0 Å². The Morgan fingerprint density at radius 1 is 1.62 bits per heavy atom. The van der Waals surface area contributed by atoms with E-state index in [1.807, 2.05) is 0 Å². The summed E-state index contributed by atoms with van der Waals surface area (Å²) >= 11 is 5.82. The van der Waals surface area contributed by atoms with Gasteiger partial charge in [0.05, 0.1) is 23.2 Å². The average Bonchev–Trinajstić information content (AvgIpc) is 2.58. The van der Waals surface area contributed by atoms with Crippen LogP contribution in [-0.4, -0.2) is 22.7 Å². The smallest absolute Gasteiger partial charge is 0.378 e. The Kier molecular flexibility index (Phi) is 2.70. The van der Waals surface area contributed by atoms with Gasteiger partial charge in [-0.2, -0.15) is 0 Å². The minimum atomic E-state index is -0.729. The van der Waals surface area contributed by atoms with Gasteiger partial charge in [-0.3, -0.25) is 4.98 Å². The van der Waals surface area contributed by atoms with Crippen LogP contribution >= 0.6 is 11.6 Å². The third-order valence-electron chi connectivity index (χ3n) is 1.99. The van der Waals surface area contributed by atoms with Crippen LogP contribution in [0.25, 0.3) is 11.0 Å². The lowest BCUT2D eigenvalue weighted by Gasteiger charge is -1.97. The molecule has 2 aromatic heterocycles. The molecule has 0 aromatic carbocycles. The zero-order valence-corrected chi connectivity index (χ0v) is 9.11. The second kappa shape index (κ2) is 4.02. The van der Waals surface area contributed by atoms with Gasteiger partial charge in [0.15, 0.2) is 11.3 Å². The third-order valence-corrected chi connectivity index (χ3v) is 2.28. The van der Waals surface area contributed by atoms with Crippen LogP contribution in [0.5, 0.6) is 5.75 Å². The summed E-state index contributed by atoms with van der Waals surface area (Å²) in [7, 11) is 0. The zero-order valence-electron chi connectivity index (χ0n) is 8.36. The standard InChI is InChI=1S/C10H8ClNO4/c1-2-15-10(14)9-8(13)7-5(11)3-12-4-6(7)16-9/h3-4,13H,2H2,1H3. The van der Waals surface area contributed by atoms with E-state index in [0.717, 1.165) is 0 Å². The summed E-state index contributed by atoms with van der Waals surface area (Å²) in [6.45, 7) is 1.85. The number of halogens is 1. The van der Waals surface area contributed by atoms with E-state index >= 15 is 0 Å². The number of hydrogen-bond acceptors (Lipinski definition) is 5. The molecule has 2 rings (SSSR count). The molecule has 0 amide bonds. The Hall–Kier alpha value is -1.75. The number of pyridine rings is 1. The highest BCUT2D eigenvalue weighted by atomic mass is 35.5. The van der Waals surface area contributed by atoms with Crippen LogP contribution in [-0.2, 0) is 4.74 Å². The van der Waals surface area contributed by atoms with Crippen LogP contribution in [0.2, 0.25) is 5.02 Å². The first kappa shape index (κ1) is 10.8. The fraction of sp³-hybridized carbons (Fsp3) is 0.200. The fourth-order valence-electron chi connectivity index (χ4n) is 1.33. The third kappa shape index (κ3) is 1.59. The molecule has 16 heavy (non-hydrogen) atoms. The number of ether oxygens (including phenoxy) is 1. The van der Waals surface area contributed by atoms with E-state index in [1.54, 1.807) is 6.92 Å². The number of nitrogens with zero attached hydrogens (tertiary/aromatic N) is 1. The van der Waals surface area contributed by atoms with Gasteiger partial charge in [-0.25, -0.2) is 4.79 Å². The van der Waals surface area contributed by atoms with Crippen LogP contribution < -0.4 is 0 Å². The number of aromatic nitrogens is 1. The van der Waals surface area contributed by atoms with Crippen molar-refractivity contribution in [3.05, 3.63) is 23.2 Å². The number of carbonyl (C=O) groups excluding carboxylic acids is 1. The van der Waals surface area contributed by atoms with Gasteiger partial charge in [-0.1, -0.05) is 11.6 Å². The van der Waals surface area contributed by atoms with Gasteiger partial charge >= 0.3 is 5.97 Å². The van der Waals surface area contributed by atoms with Crippen molar-refractivity contribution in [3.8, 4) is 5.75 Å². The maximum atomic E-state index is 11.4. The largest absolute Gasteiger partial charge is 0.504 e. The molecule has 5 nitrogen and oxygen atoms in total. The van der Waals surface area contributed by atoms with Crippen LogP contribution in [0.3, 0.4) is 0 Å². The Morgan fingerprint density at radius 3 is 3.00 bits per heavy atom. The molecule has 0 spiro atoms. The maximum absolute atomic E-state index is 11.4. The molecule has 0 unspecified atom stereocenters. The molecular weight excluding hydrogens is 234 g/mol. The topological polar surface area (TPSA) is 72.6 Å². The maximum Gasteiger partial charge on any atom is 0.378 e. The van der Waals surface area contributed by atoms with E-state index in [4.69, 9.17) is 20.8 Å². The number of hydrogen-bond donors (Lipinski definition) is 1. The molecule has 0 saturated heterocycles. The van der Waals surface area contributed by atoms with Crippen molar-refractivity contribution < 1.29 is 19.1 Å². The van der Waals surface area contributed by atoms with Gasteiger partial charge in [-0.15, -0.1) is 0 Å². The quantitative estimate of drug-likeness (QED) is 0.817. The predicted molar refractivity (Wildman–Crippen MR) is 56.6 cm³/mol. The molecule has 0 fully saturated rings. The molecule has 0 saturated carbocycles. The molecular formula is C10H8ClNO4. The summed E-state index contributed by atoms with van der Waals surface area (Å²) < 4.78 is 9.84. The van der Waals surface area contributed by atoms with Crippen LogP contribution in [0.15, 0.2) is 16.8 Å². The van der Waals surface area contributed by atoms with E-state index in [9.17, 15) is 9.90 Å². The number of esters is 1. The van der Waals surface area contributed by atoms with Crippen molar-refractivity contribution in [1.29, 1.82) is 0 Å². The molecule has 0 aliphatic rings. The average molecular weight is 242 g/mol. The molecule has 0 radical (unpaired) electrons. The lowest BCUT2D eigenvalue weighted by Crippen LogP contribution is -2.02. The van der Waals surface area contributed by atoms with Crippen molar-refractivity contribution in [2.75, 3.05) is 6.61 Å². The van der Waals surface area contributed by atoms with E-state index in [1.165, 1.54) is 12.4 Å². The zero-order chi connectivity index (χ0) is 11.7. The molecule has 6 heteroatoms. The first-order valence-corrected chi connectivity index (χ1v) is 4.95. The summed E-state index contributed by atoms with van der Waals surface area (Å²) in [6.07, 6.45) is 2.72. The van der Waals surface area contributed by atoms with Gasteiger partial charge in [-0.05, 0) is 6.92 Å². The Bertz CT molecular complexity index is 549. The number of fused-ring (bicyclic) bond motifs is 1. The van der Waals surface area contributed by atoms with Crippen molar-refractivity contribution in [3.63, 3.8) is 0 Å². The Morgan fingerprint density at radius 2 is 2.38 bits per heavy atom. The molecule has 1 N–H and O–H groups in total. The van der Waals surface area contributed by atoms with Gasteiger partial charge in [0.25, 0.3) is 5.76 Å². The molecule has 2 aromatic rings. The Balaban J connectivity index is 2.61. The summed E-state index contributed by atoms with van der Waals surface area (Å²) in [5.74, 6) is -1.31. The first-order chi connectivity index (χ1) is 7.65. The lowest BCUT2D eigenvalue weighted by molar-refractivity contribution is 0.0488. The normalized spacial score (nSPS) is 10.6. The summed E-state index contributed by atoms with van der Waals surface area (Å²) in [5.41, 5.74) is 0.244. The Labute approximate surface area is 95.6 Å². The monoisotopic (exact) mass is 241 g/mol. The van der Waals surface area contributed by atoms with Crippen molar-refractivity contribution >= 4 is 28.5 Å². The number of aromatic hydroxyl groups is 1. The second-order valence-corrected chi connectivity index (χ2v) is 3.40. The van der Waals surface area contributed by atoms with Crippen molar-refractivity contribution in [1.82, 2.24) is 4.98 Å². The highest BCUT2D eigenvalue weighted by Gasteiger charge is 2.22. The van der Waals surface area contributed by atoms with E-state index < -0.39 is 5.97 Å². The molecule has 2 heterocycles. The van der Waals surface area contributed by atoms with E-state index in [-0.39, 0.29) is 34.1 Å². The molecule has 0 aliphatic carbocycles. The van der Waals surface area contributed by atoms with Gasteiger partial charge < -0.3 is 14.3 Å². The minimum Gasteiger partial charge on any atom is -0.504 e. The van der Waals surface area contributed by atoms with Gasteiger partial charge in [0, 0.05) is 6.20 Å².